The Hall–Kier alpha value is -1.62. The minimum atomic E-state index is -0.423. The molecule has 0 saturated heterocycles. The fourth-order valence-electron chi connectivity index (χ4n) is 1.44. The standard InChI is InChI=1S/C14H20FNO3/c1-10(2)16-9-11-4-5-13(12(15)8-11)19-7-6-14(17)18-3/h4-5,8,10,16H,6-7,9H2,1-3H3. The number of carbonyl (C=O) groups excluding carboxylic acids is 1. The highest BCUT2D eigenvalue weighted by Gasteiger charge is 2.07. The Balaban J connectivity index is 2.50. The average molecular weight is 269 g/mol. The lowest BCUT2D eigenvalue weighted by atomic mass is 10.2. The summed E-state index contributed by atoms with van der Waals surface area (Å²) in [6.07, 6.45) is 0.104. The number of esters is 1. The van der Waals surface area contributed by atoms with Crippen LogP contribution in [0.1, 0.15) is 25.8 Å². The number of rotatable bonds is 7. The SMILES string of the molecule is COC(=O)CCOc1ccc(CNC(C)C)cc1F. The fraction of sp³-hybridized carbons (Fsp3) is 0.500. The predicted molar refractivity (Wildman–Crippen MR) is 70.5 cm³/mol. The molecule has 0 aromatic heterocycles. The van der Waals surface area contributed by atoms with Crippen LogP contribution in [0.15, 0.2) is 18.2 Å². The molecule has 0 atom stereocenters. The van der Waals surface area contributed by atoms with Crippen LogP contribution in [0.25, 0.3) is 0 Å². The van der Waals surface area contributed by atoms with Gasteiger partial charge in [-0.1, -0.05) is 19.9 Å². The molecular weight excluding hydrogens is 249 g/mol. The third-order valence-electron chi connectivity index (χ3n) is 2.50. The molecule has 4 nitrogen and oxygen atoms in total. The van der Waals surface area contributed by atoms with Crippen LogP contribution < -0.4 is 10.1 Å². The quantitative estimate of drug-likeness (QED) is 0.771. The highest BCUT2D eigenvalue weighted by atomic mass is 19.1. The van der Waals surface area contributed by atoms with E-state index in [2.05, 4.69) is 10.1 Å². The van der Waals surface area contributed by atoms with Gasteiger partial charge in [0, 0.05) is 12.6 Å². The van der Waals surface area contributed by atoms with Crippen molar-refractivity contribution >= 4 is 5.97 Å². The Labute approximate surface area is 112 Å². The number of hydrogen-bond donors (Lipinski definition) is 1. The molecule has 106 valence electrons. The number of ether oxygens (including phenoxy) is 2. The van der Waals surface area contributed by atoms with Crippen LogP contribution in [-0.2, 0) is 16.1 Å². The lowest BCUT2D eigenvalue weighted by Gasteiger charge is -2.10. The van der Waals surface area contributed by atoms with Crippen LogP contribution in [0.4, 0.5) is 4.39 Å². The lowest BCUT2D eigenvalue weighted by molar-refractivity contribution is -0.141. The first-order chi connectivity index (χ1) is 9.02. The third kappa shape index (κ3) is 5.70. The molecule has 0 heterocycles. The second-order valence-electron chi connectivity index (χ2n) is 4.47. The molecule has 0 spiro atoms. The van der Waals surface area contributed by atoms with Gasteiger partial charge >= 0.3 is 5.97 Å². The van der Waals surface area contributed by atoms with Crippen molar-refractivity contribution < 1.29 is 18.7 Å². The van der Waals surface area contributed by atoms with E-state index in [1.54, 1.807) is 12.1 Å². The zero-order valence-electron chi connectivity index (χ0n) is 11.5. The molecule has 0 aliphatic carbocycles. The summed E-state index contributed by atoms with van der Waals surface area (Å²) >= 11 is 0. The molecule has 1 aromatic carbocycles. The highest BCUT2D eigenvalue weighted by molar-refractivity contribution is 5.69. The van der Waals surface area contributed by atoms with Gasteiger partial charge in [0.25, 0.3) is 0 Å². The van der Waals surface area contributed by atoms with E-state index in [1.165, 1.54) is 13.2 Å². The Morgan fingerprint density at radius 1 is 1.42 bits per heavy atom. The molecule has 0 fully saturated rings. The van der Waals surface area contributed by atoms with Crippen molar-refractivity contribution in [1.29, 1.82) is 0 Å². The van der Waals surface area contributed by atoms with Gasteiger partial charge in [0.2, 0.25) is 0 Å². The van der Waals surface area contributed by atoms with E-state index in [1.807, 2.05) is 13.8 Å². The maximum absolute atomic E-state index is 13.7. The van der Waals surface area contributed by atoms with Crippen molar-refractivity contribution in [3.8, 4) is 5.75 Å². The molecular formula is C14H20FNO3. The zero-order valence-corrected chi connectivity index (χ0v) is 11.5. The summed E-state index contributed by atoms with van der Waals surface area (Å²) in [4.78, 5) is 10.9. The van der Waals surface area contributed by atoms with Gasteiger partial charge in [0.05, 0.1) is 20.1 Å². The van der Waals surface area contributed by atoms with Crippen LogP contribution in [0.2, 0.25) is 0 Å². The molecule has 0 unspecified atom stereocenters. The topological polar surface area (TPSA) is 47.6 Å². The summed E-state index contributed by atoms with van der Waals surface area (Å²) < 4.78 is 23.4. The molecule has 0 radical (unpaired) electrons. The first kappa shape index (κ1) is 15.4. The normalized spacial score (nSPS) is 10.6. The Morgan fingerprint density at radius 3 is 2.74 bits per heavy atom. The van der Waals surface area contributed by atoms with E-state index in [9.17, 15) is 9.18 Å². The summed E-state index contributed by atoms with van der Waals surface area (Å²) in [6, 6.07) is 5.15. The number of carbonyl (C=O) groups is 1. The van der Waals surface area contributed by atoms with E-state index in [4.69, 9.17) is 4.74 Å². The van der Waals surface area contributed by atoms with E-state index < -0.39 is 5.82 Å². The molecule has 1 aromatic rings. The van der Waals surface area contributed by atoms with E-state index >= 15 is 0 Å². The minimum Gasteiger partial charge on any atom is -0.490 e. The molecule has 1 rings (SSSR count). The van der Waals surface area contributed by atoms with Gasteiger partial charge in [0.15, 0.2) is 11.6 Å². The van der Waals surface area contributed by atoms with E-state index in [0.29, 0.717) is 12.6 Å². The van der Waals surface area contributed by atoms with Gasteiger partial charge in [0.1, 0.15) is 0 Å². The second-order valence-corrected chi connectivity index (χ2v) is 4.47. The van der Waals surface area contributed by atoms with Crippen LogP contribution >= 0.6 is 0 Å². The van der Waals surface area contributed by atoms with E-state index in [0.717, 1.165) is 5.56 Å². The van der Waals surface area contributed by atoms with Crippen molar-refractivity contribution in [3.05, 3.63) is 29.6 Å². The first-order valence-corrected chi connectivity index (χ1v) is 6.24. The van der Waals surface area contributed by atoms with Crippen molar-refractivity contribution in [2.24, 2.45) is 0 Å². The van der Waals surface area contributed by atoms with Crippen LogP contribution in [0.3, 0.4) is 0 Å². The second kappa shape index (κ2) is 7.74. The molecule has 0 aliphatic heterocycles. The van der Waals surface area contributed by atoms with Gasteiger partial charge in [-0.05, 0) is 17.7 Å². The van der Waals surface area contributed by atoms with Crippen LogP contribution in [0.5, 0.6) is 5.75 Å². The van der Waals surface area contributed by atoms with Gasteiger partial charge in [-0.25, -0.2) is 4.39 Å². The van der Waals surface area contributed by atoms with Gasteiger partial charge in [-0.2, -0.15) is 0 Å². The number of methoxy groups -OCH3 is 1. The van der Waals surface area contributed by atoms with E-state index in [-0.39, 0.29) is 24.7 Å². The highest BCUT2D eigenvalue weighted by Crippen LogP contribution is 2.18. The monoisotopic (exact) mass is 269 g/mol. The maximum atomic E-state index is 13.7. The van der Waals surface area contributed by atoms with Crippen LogP contribution in [-0.4, -0.2) is 25.7 Å². The van der Waals surface area contributed by atoms with Crippen LogP contribution in [0, 0.1) is 5.82 Å². The summed E-state index contributed by atoms with van der Waals surface area (Å²) in [7, 11) is 1.30. The summed E-state index contributed by atoms with van der Waals surface area (Å²) in [5.41, 5.74) is 0.853. The molecule has 0 aliphatic rings. The molecule has 0 amide bonds. The summed E-state index contributed by atoms with van der Waals surface area (Å²) in [5, 5.41) is 3.21. The van der Waals surface area contributed by atoms with Crippen molar-refractivity contribution in [2.45, 2.75) is 32.9 Å². The molecule has 5 heteroatoms. The molecule has 1 N–H and O–H groups in total. The average Bonchev–Trinajstić information content (AvgIpc) is 2.38. The minimum absolute atomic E-state index is 0.104. The zero-order chi connectivity index (χ0) is 14.3. The fourth-order valence-corrected chi connectivity index (χ4v) is 1.44. The third-order valence-corrected chi connectivity index (χ3v) is 2.50. The lowest BCUT2D eigenvalue weighted by Crippen LogP contribution is -2.21. The molecule has 0 bridgehead atoms. The summed E-state index contributed by atoms with van der Waals surface area (Å²) in [6.45, 7) is 4.77. The van der Waals surface area contributed by atoms with Gasteiger partial charge in [-0.3, -0.25) is 4.79 Å². The predicted octanol–water partition coefficient (Wildman–Crippen LogP) is 2.27. The Bertz CT molecular complexity index is 421. The molecule has 0 saturated carbocycles. The van der Waals surface area contributed by atoms with Crippen molar-refractivity contribution in [2.75, 3.05) is 13.7 Å². The number of hydrogen-bond acceptors (Lipinski definition) is 4. The van der Waals surface area contributed by atoms with Crippen molar-refractivity contribution in [3.63, 3.8) is 0 Å². The number of halogens is 1. The maximum Gasteiger partial charge on any atom is 0.308 e. The Morgan fingerprint density at radius 2 is 2.16 bits per heavy atom. The number of nitrogens with one attached hydrogen (secondary N) is 1. The molecule has 19 heavy (non-hydrogen) atoms. The van der Waals surface area contributed by atoms with Crippen molar-refractivity contribution in [1.82, 2.24) is 5.32 Å². The first-order valence-electron chi connectivity index (χ1n) is 6.24. The smallest absolute Gasteiger partial charge is 0.308 e. The van der Waals surface area contributed by atoms with Gasteiger partial charge < -0.3 is 14.8 Å². The summed E-state index contributed by atoms with van der Waals surface area (Å²) in [5.74, 6) is -0.650. The largest absolute Gasteiger partial charge is 0.490 e. The number of benzene rings is 1. The Kier molecular flexibility index (Phi) is 6.29. The van der Waals surface area contributed by atoms with Gasteiger partial charge in [-0.15, -0.1) is 0 Å².